The number of amidine groups is 2. The van der Waals surface area contributed by atoms with Crippen molar-refractivity contribution in [2.45, 2.75) is 13.5 Å². The molecule has 158 valence electrons. The van der Waals surface area contributed by atoms with Gasteiger partial charge in [-0.25, -0.2) is 4.99 Å². The number of aromatic nitrogens is 1. The fourth-order valence-corrected chi connectivity index (χ4v) is 3.56. The highest BCUT2D eigenvalue weighted by Gasteiger charge is 2.15. The van der Waals surface area contributed by atoms with E-state index in [1.807, 2.05) is 54.6 Å². The second-order valence-corrected chi connectivity index (χ2v) is 7.47. The minimum atomic E-state index is 0.142. The summed E-state index contributed by atoms with van der Waals surface area (Å²) >= 11 is 0. The predicted molar refractivity (Wildman–Crippen MR) is 132 cm³/mol. The molecule has 0 aliphatic rings. The lowest BCUT2D eigenvalue weighted by molar-refractivity contribution is 0.873. The lowest BCUT2D eigenvalue weighted by atomic mass is 9.95. The van der Waals surface area contributed by atoms with E-state index in [1.165, 1.54) is 0 Å². The molecule has 4 rings (SSSR count). The van der Waals surface area contributed by atoms with Gasteiger partial charge in [-0.15, -0.1) is 0 Å². The van der Waals surface area contributed by atoms with Crippen molar-refractivity contribution in [1.82, 2.24) is 10.3 Å². The quantitative estimate of drug-likeness (QED) is 0.236. The summed E-state index contributed by atoms with van der Waals surface area (Å²) in [6.07, 6.45) is 1.77. The summed E-state index contributed by atoms with van der Waals surface area (Å²) in [7, 11) is 0. The van der Waals surface area contributed by atoms with Crippen LogP contribution in [0.2, 0.25) is 0 Å². The summed E-state index contributed by atoms with van der Waals surface area (Å²) < 4.78 is 0. The van der Waals surface area contributed by atoms with Gasteiger partial charge in [0.05, 0.1) is 12.2 Å². The molecule has 0 radical (unpaired) electrons. The van der Waals surface area contributed by atoms with Gasteiger partial charge < -0.3 is 11.1 Å². The number of nitrogen functional groups attached to an aromatic ring is 1. The summed E-state index contributed by atoms with van der Waals surface area (Å²) in [4.78, 5) is 9.13. The zero-order chi connectivity index (χ0) is 22.3. The SMILES string of the molecule is Cc1cccc(-c2ccccc2)c1/C(=N\C(=N)c1cccc(N)c1)NCc1ccccn1. The first-order valence-electron chi connectivity index (χ1n) is 10.4. The van der Waals surface area contributed by atoms with Gasteiger partial charge >= 0.3 is 0 Å². The molecule has 0 saturated heterocycles. The van der Waals surface area contributed by atoms with E-state index in [2.05, 4.69) is 41.5 Å². The van der Waals surface area contributed by atoms with E-state index in [4.69, 9.17) is 16.1 Å². The average molecular weight is 420 g/mol. The number of nitrogens with zero attached hydrogens (tertiary/aromatic N) is 2. The number of hydrogen-bond donors (Lipinski definition) is 3. The van der Waals surface area contributed by atoms with Gasteiger partial charge in [0.15, 0.2) is 5.84 Å². The van der Waals surface area contributed by atoms with Crippen molar-refractivity contribution in [3.05, 3.63) is 120 Å². The minimum absolute atomic E-state index is 0.142. The van der Waals surface area contributed by atoms with Gasteiger partial charge in [-0.2, -0.15) is 0 Å². The molecule has 4 aromatic rings. The standard InChI is InChI=1S/C27H25N5/c1-19-9-7-15-24(20-10-3-2-4-11-20)25(19)27(31-18-23-14-5-6-16-30-23)32-26(29)21-12-8-13-22(28)17-21/h2-17H,18,28H2,1H3,(H2,29,31,32). The molecule has 32 heavy (non-hydrogen) atoms. The average Bonchev–Trinajstić information content (AvgIpc) is 2.83. The van der Waals surface area contributed by atoms with Gasteiger partial charge in [0.1, 0.15) is 5.84 Å². The number of anilines is 1. The molecule has 3 aromatic carbocycles. The Bertz CT molecular complexity index is 1250. The fraction of sp³-hybridized carbons (Fsp3) is 0.0741. The molecule has 5 heteroatoms. The minimum Gasteiger partial charge on any atom is -0.399 e. The Balaban J connectivity index is 1.80. The van der Waals surface area contributed by atoms with Crippen molar-refractivity contribution < 1.29 is 0 Å². The molecule has 5 nitrogen and oxygen atoms in total. The Hall–Kier alpha value is -4.25. The smallest absolute Gasteiger partial charge is 0.154 e. The van der Waals surface area contributed by atoms with Gasteiger partial charge in [0.2, 0.25) is 0 Å². The molecular formula is C27H25N5. The highest BCUT2D eigenvalue weighted by atomic mass is 15.0. The lowest BCUT2D eigenvalue weighted by Gasteiger charge is -2.17. The molecule has 0 atom stereocenters. The van der Waals surface area contributed by atoms with E-state index in [9.17, 15) is 0 Å². The van der Waals surface area contributed by atoms with Gasteiger partial charge in [0, 0.05) is 23.0 Å². The number of nitrogens with two attached hydrogens (primary N) is 1. The second-order valence-electron chi connectivity index (χ2n) is 7.47. The molecule has 1 aromatic heterocycles. The molecule has 0 aliphatic heterocycles. The molecule has 0 saturated carbocycles. The summed E-state index contributed by atoms with van der Waals surface area (Å²) in [6.45, 7) is 2.55. The third-order valence-electron chi connectivity index (χ3n) is 5.14. The maximum atomic E-state index is 8.64. The van der Waals surface area contributed by atoms with Crippen molar-refractivity contribution in [2.75, 3.05) is 5.73 Å². The van der Waals surface area contributed by atoms with Crippen molar-refractivity contribution in [2.24, 2.45) is 4.99 Å². The van der Waals surface area contributed by atoms with E-state index in [0.717, 1.165) is 27.9 Å². The normalized spacial score (nSPS) is 11.2. The lowest BCUT2D eigenvalue weighted by Crippen LogP contribution is -2.27. The van der Waals surface area contributed by atoms with Crippen LogP contribution in [-0.2, 0) is 6.54 Å². The topological polar surface area (TPSA) is 87.2 Å². The predicted octanol–water partition coefficient (Wildman–Crippen LogP) is 5.20. The Morgan fingerprint density at radius 1 is 0.938 bits per heavy atom. The number of aryl methyl sites for hydroxylation is 1. The molecule has 4 N–H and O–H groups in total. The molecule has 0 unspecified atom stereocenters. The van der Waals surface area contributed by atoms with E-state index >= 15 is 0 Å². The molecular weight excluding hydrogens is 394 g/mol. The highest BCUT2D eigenvalue weighted by molar-refractivity contribution is 6.13. The van der Waals surface area contributed by atoms with Gasteiger partial charge in [0.25, 0.3) is 0 Å². The Labute approximate surface area is 188 Å². The van der Waals surface area contributed by atoms with Crippen LogP contribution in [0.1, 0.15) is 22.4 Å². The van der Waals surface area contributed by atoms with E-state index in [0.29, 0.717) is 23.6 Å². The first-order chi connectivity index (χ1) is 15.6. The van der Waals surface area contributed by atoms with Crippen LogP contribution in [-0.4, -0.2) is 16.7 Å². The molecule has 0 spiro atoms. The Morgan fingerprint density at radius 2 is 1.72 bits per heavy atom. The molecule has 0 fully saturated rings. The molecule has 0 bridgehead atoms. The molecule has 1 heterocycles. The van der Waals surface area contributed by atoms with Crippen LogP contribution in [0, 0.1) is 12.3 Å². The monoisotopic (exact) mass is 419 g/mol. The van der Waals surface area contributed by atoms with Crippen LogP contribution < -0.4 is 11.1 Å². The zero-order valence-electron chi connectivity index (χ0n) is 17.9. The van der Waals surface area contributed by atoms with Crippen molar-refractivity contribution in [1.29, 1.82) is 5.41 Å². The van der Waals surface area contributed by atoms with Crippen LogP contribution in [0.3, 0.4) is 0 Å². The summed E-state index contributed by atoms with van der Waals surface area (Å²) in [6, 6.07) is 29.4. The molecule has 0 amide bonds. The number of aliphatic imine (C=N–C) groups is 1. The van der Waals surface area contributed by atoms with E-state index in [1.54, 1.807) is 18.3 Å². The van der Waals surface area contributed by atoms with Gasteiger partial charge in [-0.1, -0.05) is 66.7 Å². The van der Waals surface area contributed by atoms with E-state index in [-0.39, 0.29) is 5.84 Å². The first kappa shape index (κ1) is 21.0. The number of rotatable bonds is 5. The van der Waals surface area contributed by atoms with Crippen molar-refractivity contribution >= 4 is 17.4 Å². The van der Waals surface area contributed by atoms with Crippen molar-refractivity contribution in [3.8, 4) is 11.1 Å². The van der Waals surface area contributed by atoms with Crippen LogP contribution in [0.25, 0.3) is 11.1 Å². The number of nitrogens with one attached hydrogen (secondary N) is 2. The van der Waals surface area contributed by atoms with Crippen LogP contribution >= 0.6 is 0 Å². The van der Waals surface area contributed by atoms with Crippen LogP contribution in [0.5, 0.6) is 0 Å². The maximum Gasteiger partial charge on any atom is 0.154 e. The third kappa shape index (κ3) is 4.90. The fourth-order valence-electron chi connectivity index (χ4n) is 3.56. The summed E-state index contributed by atoms with van der Waals surface area (Å²) in [5.41, 5.74) is 12.3. The second kappa shape index (κ2) is 9.71. The summed E-state index contributed by atoms with van der Waals surface area (Å²) in [5, 5.41) is 12.1. The molecule has 0 aliphatic carbocycles. The third-order valence-corrected chi connectivity index (χ3v) is 5.14. The highest BCUT2D eigenvalue weighted by Crippen LogP contribution is 2.27. The van der Waals surface area contributed by atoms with Crippen LogP contribution in [0.15, 0.2) is 102 Å². The Kier molecular flexibility index (Phi) is 6.37. The first-order valence-corrected chi connectivity index (χ1v) is 10.4. The van der Waals surface area contributed by atoms with E-state index < -0.39 is 0 Å². The van der Waals surface area contributed by atoms with Gasteiger partial charge in [-0.05, 0) is 47.9 Å². The van der Waals surface area contributed by atoms with Crippen LogP contribution in [0.4, 0.5) is 5.69 Å². The van der Waals surface area contributed by atoms with Gasteiger partial charge in [-0.3, -0.25) is 10.4 Å². The summed E-state index contributed by atoms with van der Waals surface area (Å²) in [5.74, 6) is 0.767. The number of hydrogen-bond acceptors (Lipinski definition) is 3. The number of pyridine rings is 1. The number of benzene rings is 3. The maximum absolute atomic E-state index is 8.64. The largest absolute Gasteiger partial charge is 0.399 e. The Morgan fingerprint density at radius 3 is 2.47 bits per heavy atom. The van der Waals surface area contributed by atoms with Crippen molar-refractivity contribution in [3.63, 3.8) is 0 Å². The zero-order valence-corrected chi connectivity index (χ0v) is 17.9.